The lowest BCUT2D eigenvalue weighted by Gasteiger charge is -2.31. The Morgan fingerprint density at radius 1 is 1.47 bits per heavy atom. The Bertz CT molecular complexity index is 412. The molecule has 0 bridgehead atoms. The average molecular weight is 308 g/mol. The summed E-state index contributed by atoms with van der Waals surface area (Å²) in [6, 6.07) is 2.51. The number of benzene rings is 1. The van der Waals surface area contributed by atoms with Gasteiger partial charge in [-0.1, -0.05) is 6.92 Å². The molecule has 2 atom stereocenters. The quantitative estimate of drug-likeness (QED) is 0.840. The number of aliphatic hydroxyl groups excluding tert-OH is 1. The van der Waals surface area contributed by atoms with E-state index in [9.17, 15) is 13.9 Å². The maximum Gasteiger partial charge on any atom is 0.143 e. The highest BCUT2D eigenvalue weighted by Gasteiger charge is 2.31. The van der Waals surface area contributed by atoms with E-state index in [0.29, 0.717) is 0 Å². The van der Waals surface area contributed by atoms with Gasteiger partial charge in [0.1, 0.15) is 11.6 Å². The van der Waals surface area contributed by atoms with Gasteiger partial charge in [0.25, 0.3) is 0 Å². The van der Waals surface area contributed by atoms with Crippen molar-refractivity contribution in [1.29, 1.82) is 0 Å². The first kappa shape index (κ1) is 14.5. The summed E-state index contributed by atoms with van der Waals surface area (Å²) in [7, 11) is 0. The summed E-state index contributed by atoms with van der Waals surface area (Å²) in [5, 5.41) is 9.65. The van der Waals surface area contributed by atoms with E-state index >= 15 is 0 Å². The summed E-state index contributed by atoms with van der Waals surface area (Å²) in [6.07, 6.45) is -0.691. The number of rotatable bonds is 4. The number of nitrogens with two attached hydrogens (primary N) is 1. The Kier molecular flexibility index (Phi) is 4.63. The predicted octanol–water partition coefficient (Wildman–Crippen LogP) is 2.62. The molecule has 1 aromatic carbocycles. The molecule has 2 nitrogen and oxygen atoms in total. The van der Waals surface area contributed by atoms with Crippen molar-refractivity contribution in [3.8, 4) is 0 Å². The maximum absolute atomic E-state index is 13.8. The van der Waals surface area contributed by atoms with Crippen molar-refractivity contribution in [3.63, 3.8) is 0 Å². The van der Waals surface area contributed by atoms with Crippen LogP contribution in [0.25, 0.3) is 0 Å². The lowest BCUT2D eigenvalue weighted by molar-refractivity contribution is 0.0576. The van der Waals surface area contributed by atoms with Crippen LogP contribution in [-0.2, 0) is 6.42 Å². The normalized spacial score (nSPS) is 16.6. The topological polar surface area (TPSA) is 46.2 Å². The summed E-state index contributed by atoms with van der Waals surface area (Å²) < 4.78 is 27.6. The molecule has 0 fully saturated rings. The fourth-order valence-electron chi connectivity index (χ4n) is 1.53. The number of aliphatic hydroxyl groups is 1. The first-order valence-corrected chi connectivity index (χ1v) is 6.11. The van der Waals surface area contributed by atoms with Crippen molar-refractivity contribution >= 4 is 15.9 Å². The van der Waals surface area contributed by atoms with Gasteiger partial charge in [0.15, 0.2) is 0 Å². The smallest absolute Gasteiger partial charge is 0.143 e. The van der Waals surface area contributed by atoms with Crippen LogP contribution in [0.1, 0.15) is 19.4 Å². The van der Waals surface area contributed by atoms with Gasteiger partial charge in [-0.25, -0.2) is 8.78 Å². The molecule has 96 valence electrons. The van der Waals surface area contributed by atoms with Gasteiger partial charge in [-0.3, -0.25) is 0 Å². The SMILES string of the molecule is CC(O)C(C)(CN)Cc1c(F)ccc(Br)c1F. The zero-order chi connectivity index (χ0) is 13.2. The Hall–Kier alpha value is -0.520. The van der Waals surface area contributed by atoms with Crippen LogP contribution < -0.4 is 5.73 Å². The van der Waals surface area contributed by atoms with E-state index in [-0.39, 0.29) is 23.0 Å². The molecule has 0 aliphatic heterocycles. The molecule has 0 saturated heterocycles. The summed E-state index contributed by atoms with van der Waals surface area (Å²) >= 11 is 3.01. The van der Waals surface area contributed by atoms with Gasteiger partial charge in [0.05, 0.1) is 10.6 Å². The molecule has 0 aliphatic carbocycles. The van der Waals surface area contributed by atoms with E-state index in [0.717, 1.165) is 0 Å². The molecule has 1 aromatic rings. The molecule has 0 saturated carbocycles. The molecular formula is C12H16BrF2NO. The minimum atomic E-state index is -0.748. The molecular weight excluding hydrogens is 292 g/mol. The largest absolute Gasteiger partial charge is 0.393 e. The second-order valence-electron chi connectivity index (χ2n) is 4.53. The van der Waals surface area contributed by atoms with Crippen LogP contribution in [-0.4, -0.2) is 17.8 Å². The Labute approximate surface area is 108 Å². The monoisotopic (exact) mass is 307 g/mol. The van der Waals surface area contributed by atoms with Gasteiger partial charge in [-0.15, -0.1) is 0 Å². The highest BCUT2D eigenvalue weighted by Crippen LogP contribution is 2.30. The molecule has 0 spiro atoms. The Balaban J connectivity index is 3.14. The van der Waals surface area contributed by atoms with Crippen LogP contribution in [0.5, 0.6) is 0 Å². The molecule has 0 heterocycles. The average Bonchev–Trinajstić information content (AvgIpc) is 2.29. The number of hydrogen-bond donors (Lipinski definition) is 2. The van der Waals surface area contributed by atoms with Gasteiger partial charge >= 0.3 is 0 Å². The lowest BCUT2D eigenvalue weighted by atomic mass is 9.79. The maximum atomic E-state index is 13.8. The molecule has 0 aliphatic rings. The van der Waals surface area contributed by atoms with Crippen LogP contribution in [0.3, 0.4) is 0 Å². The molecule has 0 amide bonds. The molecule has 5 heteroatoms. The van der Waals surface area contributed by atoms with Crippen molar-refractivity contribution in [3.05, 3.63) is 33.8 Å². The van der Waals surface area contributed by atoms with E-state index in [1.165, 1.54) is 12.1 Å². The van der Waals surface area contributed by atoms with Crippen molar-refractivity contribution in [2.45, 2.75) is 26.4 Å². The third-order valence-corrected chi connectivity index (χ3v) is 3.81. The predicted molar refractivity (Wildman–Crippen MR) is 66.6 cm³/mol. The first-order chi connectivity index (χ1) is 7.81. The second kappa shape index (κ2) is 5.42. The minimum absolute atomic E-state index is 0.0479. The van der Waals surface area contributed by atoms with Crippen molar-refractivity contribution in [2.75, 3.05) is 6.54 Å². The first-order valence-electron chi connectivity index (χ1n) is 5.32. The Morgan fingerprint density at radius 3 is 2.53 bits per heavy atom. The number of hydrogen-bond acceptors (Lipinski definition) is 2. The highest BCUT2D eigenvalue weighted by molar-refractivity contribution is 9.10. The zero-order valence-corrected chi connectivity index (χ0v) is 11.4. The molecule has 1 rings (SSSR count). The molecule has 17 heavy (non-hydrogen) atoms. The van der Waals surface area contributed by atoms with E-state index < -0.39 is 23.2 Å². The lowest BCUT2D eigenvalue weighted by Crippen LogP contribution is -2.39. The fourth-order valence-corrected chi connectivity index (χ4v) is 1.90. The van der Waals surface area contributed by atoms with Crippen molar-refractivity contribution in [1.82, 2.24) is 0 Å². The van der Waals surface area contributed by atoms with Gasteiger partial charge in [0.2, 0.25) is 0 Å². The standard InChI is InChI=1S/C12H16BrF2NO/c1-7(17)12(2,6-16)5-8-10(14)4-3-9(13)11(8)15/h3-4,7,17H,5-6,16H2,1-2H3. The third kappa shape index (κ3) is 3.03. The van der Waals surface area contributed by atoms with Gasteiger partial charge in [-0.05, 0) is 41.4 Å². The van der Waals surface area contributed by atoms with Crippen LogP contribution in [0.15, 0.2) is 16.6 Å². The summed E-state index contributed by atoms with van der Waals surface area (Å²) in [4.78, 5) is 0. The summed E-state index contributed by atoms with van der Waals surface area (Å²) in [5.74, 6) is -1.25. The zero-order valence-electron chi connectivity index (χ0n) is 9.80. The minimum Gasteiger partial charge on any atom is -0.393 e. The molecule has 0 aromatic heterocycles. The van der Waals surface area contributed by atoms with E-state index in [4.69, 9.17) is 5.73 Å². The third-order valence-electron chi connectivity index (χ3n) is 3.19. The highest BCUT2D eigenvalue weighted by atomic mass is 79.9. The van der Waals surface area contributed by atoms with Crippen LogP contribution >= 0.6 is 15.9 Å². The molecule has 2 unspecified atom stereocenters. The van der Waals surface area contributed by atoms with Crippen molar-refractivity contribution < 1.29 is 13.9 Å². The molecule has 3 N–H and O–H groups in total. The second-order valence-corrected chi connectivity index (χ2v) is 5.39. The van der Waals surface area contributed by atoms with E-state index in [1.54, 1.807) is 13.8 Å². The van der Waals surface area contributed by atoms with Crippen LogP contribution in [0, 0.1) is 17.0 Å². The van der Waals surface area contributed by atoms with Crippen LogP contribution in [0.4, 0.5) is 8.78 Å². The van der Waals surface area contributed by atoms with Gasteiger partial charge < -0.3 is 10.8 Å². The van der Waals surface area contributed by atoms with Crippen molar-refractivity contribution in [2.24, 2.45) is 11.1 Å². The van der Waals surface area contributed by atoms with Crippen LogP contribution in [0.2, 0.25) is 0 Å². The number of halogens is 3. The summed E-state index contributed by atoms with van der Waals surface area (Å²) in [5.41, 5.74) is 4.78. The Morgan fingerprint density at radius 2 is 2.06 bits per heavy atom. The molecule has 0 radical (unpaired) electrons. The van der Waals surface area contributed by atoms with Gasteiger partial charge in [0, 0.05) is 17.5 Å². The summed E-state index contributed by atoms with van der Waals surface area (Å²) in [6.45, 7) is 3.42. The van der Waals surface area contributed by atoms with E-state index in [1.807, 2.05) is 0 Å². The fraction of sp³-hybridized carbons (Fsp3) is 0.500. The van der Waals surface area contributed by atoms with E-state index in [2.05, 4.69) is 15.9 Å². The van der Waals surface area contributed by atoms with Gasteiger partial charge in [-0.2, -0.15) is 0 Å².